The van der Waals surface area contributed by atoms with Gasteiger partial charge in [-0.1, -0.05) is 40.0 Å². The molecule has 2 unspecified atom stereocenters. The monoisotopic (exact) mass is 424 g/mol. The molecule has 0 saturated carbocycles. The van der Waals surface area contributed by atoms with Gasteiger partial charge in [0.1, 0.15) is 0 Å². The van der Waals surface area contributed by atoms with Crippen LogP contribution in [0, 0.1) is 0 Å². The van der Waals surface area contributed by atoms with Gasteiger partial charge in [0.15, 0.2) is 0 Å². The number of rotatable bonds is 9. The van der Waals surface area contributed by atoms with Crippen LogP contribution < -0.4 is 0 Å². The van der Waals surface area contributed by atoms with Crippen LogP contribution in [0.3, 0.4) is 0 Å². The largest absolute Gasteiger partial charge is 0.416 e. The summed E-state index contributed by atoms with van der Waals surface area (Å²) in [5.41, 5.74) is 0. The Morgan fingerprint density at radius 3 is 1.08 bits per heavy atom. The Labute approximate surface area is 159 Å². The first-order chi connectivity index (χ1) is 11.6. The molecule has 25 heavy (non-hydrogen) atoms. The standard InChI is InChI=1S/C16H40O5Si4/c1-8-13-22(4)18-23(5,14-9-2)20-25(7,16-11-12-17)21-24(6,19-22)15-10-3/h17H,8-16H2,1-7H3. The van der Waals surface area contributed by atoms with Gasteiger partial charge in [0.25, 0.3) is 0 Å². The molecule has 0 radical (unpaired) electrons. The molecule has 1 fully saturated rings. The van der Waals surface area contributed by atoms with E-state index in [0.29, 0.717) is 0 Å². The van der Waals surface area contributed by atoms with Crippen LogP contribution >= 0.6 is 0 Å². The molecule has 0 amide bonds. The maximum absolute atomic E-state index is 9.34. The van der Waals surface area contributed by atoms with Gasteiger partial charge in [-0.2, -0.15) is 0 Å². The molecule has 0 spiro atoms. The maximum Gasteiger partial charge on any atom is 0.317 e. The molecule has 1 saturated heterocycles. The average molecular weight is 425 g/mol. The van der Waals surface area contributed by atoms with Crippen molar-refractivity contribution in [2.24, 2.45) is 0 Å². The summed E-state index contributed by atoms with van der Waals surface area (Å²) in [6, 6.07) is 3.74. The number of aliphatic hydroxyl groups excluding tert-OH is 1. The zero-order valence-electron chi connectivity index (χ0n) is 17.4. The van der Waals surface area contributed by atoms with Crippen molar-refractivity contribution in [1.82, 2.24) is 0 Å². The molecule has 0 bridgehead atoms. The number of aliphatic hydroxyl groups is 1. The van der Waals surface area contributed by atoms with Crippen LogP contribution in [0.4, 0.5) is 0 Å². The predicted molar refractivity (Wildman–Crippen MR) is 113 cm³/mol. The van der Waals surface area contributed by atoms with E-state index in [1.165, 1.54) is 0 Å². The quantitative estimate of drug-likeness (QED) is 0.530. The topological polar surface area (TPSA) is 57.2 Å². The highest BCUT2D eigenvalue weighted by Crippen LogP contribution is 2.38. The van der Waals surface area contributed by atoms with Gasteiger partial charge < -0.3 is 21.6 Å². The van der Waals surface area contributed by atoms with Gasteiger partial charge in [-0.3, -0.25) is 0 Å². The van der Waals surface area contributed by atoms with Crippen molar-refractivity contribution >= 4 is 34.2 Å². The molecule has 150 valence electrons. The van der Waals surface area contributed by atoms with E-state index < -0.39 is 34.2 Å². The molecule has 1 aliphatic rings. The van der Waals surface area contributed by atoms with Gasteiger partial charge in [0.2, 0.25) is 0 Å². The van der Waals surface area contributed by atoms with Gasteiger partial charge >= 0.3 is 34.2 Å². The molecular weight excluding hydrogens is 385 g/mol. The molecule has 0 aliphatic carbocycles. The lowest BCUT2D eigenvalue weighted by molar-refractivity contribution is 0.217. The first kappa shape index (κ1) is 23.7. The molecule has 2 atom stereocenters. The van der Waals surface area contributed by atoms with E-state index in [9.17, 15) is 5.11 Å². The second-order valence-electron chi connectivity index (χ2n) is 8.02. The predicted octanol–water partition coefficient (Wildman–Crippen LogP) is 4.97. The zero-order valence-corrected chi connectivity index (χ0v) is 21.4. The Morgan fingerprint density at radius 2 is 0.840 bits per heavy atom. The van der Waals surface area contributed by atoms with Crippen molar-refractivity contribution in [2.75, 3.05) is 6.61 Å². The van der Waals surface area contributed by atoms with Gasteiger partial charge in [-0.15, -0.1) is 0 Å². The molecule has 9 heteroatoms. The fourth-order valence-electron chi connectivity index (χ4n) is 4.08. The van der Waals surface area contributed by atoms with E-state index in [1.807, 2.05) is 0 Å². The lowest BCUT2D eigenvalue weighted by Crippen LogP contribution is -2.67. The molecule has 1 rings (SSSR count). The SMILES string of the molecule is CCC[Si]1(C)O[Si](C)(CCC)O[Si](C)(CCCO)O[Si](C)(CCC)O1. The van der Waals surface area contributed by atoms with E-state index >= 15 is 0 Å². The average Bonchev–Trinajstić information content (AvgIpc) is 2.43. The van der Waals surface area contributed by atoms with E-state index in [0.717, 1.165) is 49.9 Å². The maximum atomic E-state index is 9.34. The lowest BCUT2D eigenvalue weighted by atomic mass is 10.5. The van der Waals surface area contributed by atoms with Crippen LogP contribution in [0.15, 0.2) is 0 Å². The Bertz CT molecular complexity index is 390. The minimum absolute atomic E-state index is 0.178. The summed E-state index contributed by atoms with van der Waals surface area (Å²) < 4.78 is 27.3. The highest BCUT2D eigenvalue weighted by Gasteiger charge is 2.55. The van der Waals surface area contributed by atoms with Crippen molar-refractivity contribution in [3.63, 3.8) is 0 Å². The normalized spacial score (nSPS) is 39.8. The minimum Gasteiger partial charge on any atom is -0.416 e. The zero-order chi connectivity index (χ0) is 19.2. The van der Waals surface area contributed by atoms with Crippen LogP contribution in [0.1, 0.15) is 46.5 Å². The summed E-state index contributed by atoms with van der Waals surface area (Å²) >= 11 is 0. The Balaban J connectivity index is 3.23. The van der Waals surface area contributed by atoms with Crippen molar-refractivity contribution in [2.45, 2.75) is 96.8 Å². The highest BCUT2D eigenvalue weighted by atomic mass is 28.5. The van der Waals surface area contributed by atoms with E-state index in [4.69, 9.17) is 16.5 Å². The van der Waals surface area contributed by atoms with Gasteiger partial charge in [0, 0.05) is 6.61 Å². The summed E-state index contributed by atoms with van der Waals surface area (Å²) in [6.07, 6.45) is 3.88. The van der Waals surface area contributed by atoms with Crippen LogP contribution in [0.2, 0.25) is 50.4 Å². The lowest BCUT2D eigenvalue weighted by Gasteiger charge is -2.50. The van der Waals surface area contributed by atoms with Gasteiger partial charge in [0.05, 0.1) is 0 Å². The number of hydrogen-bond donors (Lipinski definition) is 1. The summed E-state index contributed by atoms with van der Waals surface area (Å²) in [4.78, 5) is 0. The third-order valence-corrected chi connectivity index (χ3v) is 23.9. The van der Waals surface area contributed by atoms with Crippen molar-refractivity contribution in [3.8, 4) is 0 Å². The second kappa shape index (κ2) is 9.74. The van der Waals surface area contributed by atoms with Crippen LogP contribution in [-0.4, -0.2) is 46.0 Å². The van der Waals surface area contributed by atoms with E-state index in [2.05, 4.69) is 47.0 Å². The smallest absolute Gasteiger partial charge is 0.317 e. The fraction of sp³-hybridized carbons (Fsp3) is 1.00. The first-order valence-electron chi connectivity index (χ1n) is 9.98. The van der Waals surface area contributed by atoms with Crippen molar-refractivity contribution < 1.29 is 21.6 Å². The van der Waals surface area contributed by atoms with Crippen molar-refractivity contribution in [1.29, 1.82) is 0 Å². The first-order valence-corrected chi connectivity index (χ1v) is 20.1. The summed E-state index contributed by atoms with van der Waals surface area (Å²) in [6.45, 7) is 15.5. The number of hydrogen-bond acceptors (Lipinski definition) is 5. The summed E-state index contributed by atoms with van der Waals surface area (Å²) in [7, 11) is -9.44. The summed E-state index contributed by atoms with van der Waals surface area (Å²) in [5, 5.41) is 9.34. The van der Waals surface area contributed by atoms with Crippen LogP contribution in [0.25, 0.3) is 0 Å². The molecular formula is C16H40O5Si4. The van der Waals surface area contributed by atoms with Crippen LogP contribution in [0.5, 0.6) is 0 Å². The molecule has 0 aromatic heterocycles. The molecule has 1 aliphatic heterocycles. The van der Waals surface area contributed by atoms with E-state index in [-0.39, 0.29) is 6.61 Å². The second-order valence-corrected chi connectivity index (χ2v) is 22.4. The molecule has 1 heterocycles. The van der Waals surface area contributed by atoms with Crippen molar-refractivity contribution in [3.05, 3.63) is 0 Å². The summed E-state index contributed by atoms with van der Waals surface area (Å²) in [5.74, 6) is 0. The molecule has 0 aromatic carbocycles. The third kappa shape index (κ3) is 7.30. The van der Waals surface area contributed by atoms with Crippen LogP contribution in [-0.2, 0) is 16.5 Å². The molecule has 0 aromatic rings. The fourth-order valence-corrected chi connectivity index (χ4v) is 27.7. The van der Waals surface area contributed by atoms with Gasteiger partial charge in [-0.05, 0) is 56.8 Å². The molecule has 5 nitrogen and oxygen atoms in total. The Kier molecular flexibility index (Phi) is 9.23. The molecule has 1 N–H and O–H groups in total. The highest BCUT2D eigenvalue weighted by molar-refractivity contribution is 6.93. The Hall–Kier alpha value is 0.668. The third-order valence-electron chi connectivity index (χ3n) is 4.63. The van der Waals surface area contributed by atoms with Gasteiger partial charge in [-0.25, -0.2) is 0 Å². The van der Waals surface area contributed by atoms with E-state index in [1.54, 1.807) is 0 Å². The Morgan fingerprint density at radius 1 is 0.560 bits per heavy atom. The minimum atomic E-state index is -2.44.